The van der Waals surface area contributed by atoms with E-state index >= 15 is 0 Å². The van der Waals surface area contributed by atoms with E-state index in [2.05, 4.69) is 21.9 Å². The second-order valence-corrected chi connectivity index (χ2v) is 17.2. The number of benzene rings is 2. The standard InChI is InChI=1S/C40H50N6O9S/c1-7-26-24-40(26,37(49)44-56(51,52)45-20-12-9-13-21-45)43-35(47)31-18-19-33(46(31)36(48)34(39(2,3)4)42-38(50)54-6)55-32-23-29(25-14-10-8-11-15-25)41-30-22-27(53-5)16-17-28(30)32/h7-8,10-11,14-17,22-23,26,31,33-34H,1,9,12-13,18-21,24H2,2-6H3,(H,42,50)(H,43,47)(H,44,49)/t26?,31-,33+,34-,40?/m0/s1. The number of pyridine rings is 1. The molecule has 16 heteroatoms. The van der Waals surface area contributed by atoms with Crippen LogP contribution in [0.3, 0.4) is 0 Å². The highest BCUT2D eigenvalue weighted by atomic mass is 32.2. The molecule has 0 spiro atoms. The van der Waals surface area contributed by atoms with Crippen molar-refractivity contribution in [2.24, 2.45) is 11.3 Å². The number of amides is 4. The number of hydrogen-bond donors (Lipinski definition) is 3. The summed E-state index contributed by atoms with van der Waals surface area (Å²) in [6.07, 6.45) is 2.35. The van der Waals surface area contributed by atoms with E-state index < -0.39 is 69.2 Å². The Hall–Kier alpha value is -5.22. The molecule has 2 aromatic carbocycles. The average molecular weight is 791 g/mol. The second-order valence-electron chi connectivity index (χ2n) is 15.5. The van der Waals surface area contributed by atoms with Crippen LogP contribution in [0.25, 0.3) is 22.2 Å². The topological polar surface area (TPSA) is 186 Å². The Morgan fingerprint density at radius 1 is 1.00 bits per heavy atom. The van der Waals surface area contributed by atoms with Crippen molar-refractivity contribution in [2.75, 3.05) is 27.3 Å². The number of fused-ring (bicyclic) bond motifs is 1. The fraction of sp³-hybridized carbons (Fsp3) is 0.475. The number of aromatic nitrogens is 1. The predicted molar refractivity (Wildman–Crippen MR) is 208 cm³/mol. The molecule has 3 aliphatic rings. The van der Waals surface area contributed by atoms with Gasteiger partial charge in [0.15, 0.2) is 6.23 Å². The van der Waals surface area contributed by atoms with Gasteiger partial charge in [-0.2, -0.15) is 12.7 Å². The molecule has 2 saturated heterocycles. The van der Waals surface area contributed by atoms with E-state index in [1.54, 1.807) is 52.1 Å². The molecular formula is C40H50N6O9S. The van der Waals surface area contributed by atoms with E-state index in [9.17, 15) is 27.6 Å². The molecule has 2 aliphatic heterocycles. The van der Waals surface area contributed by atoms with Crippen LogP contribution in [0.15, 0.2) is 67.3 Å². The molecule has 0 bridgehead atoms. The molecule has 5 atom stereocenters. The minimum absolute atomic E-state index is 0.118. The highest BCUT2D eigenvalue weighted by Crippen LogP contribution is 2.45. The molecule has 3 N–H and O–H groups in total. The Balaban J connectivity index is 1.36. The van der Waals surface area contributed by atoms with Crippen molar-refractivity contribution in [2.45, 2.75) is 83.1 Å². The molecule has 0 radical (unpaired) electrons. The lowest BCUT2D eigenvalue weighted by Gasteiger charge is -2.37. The Morgan fingerprint density at radius 2 is 1.71 bits per heavy atom. The first-order valence-electron chi connectivity index (χ1n) is 18.8. The van der Waals surface area contributed by atoms with Crippen LogP contribution in [0.2, 0.25) is 0 Å². The fourth-order valence-corrected chi connectivity index (χ4v) is 8.73. The number of carbonyl (C=O) groups is 4. The van der Waals surface area contributed by atoms with Crippen LogP contribution in [0.1, 0.15) is 59.3 Å². The lowest BCUT2D eigenvalue weighted by atomic mass is 9.85. The molecule has 3 aromatic rings. The van der Waals surface area contributed by atoms with E-state index in [-0.39, 0.29) is 32.4 Å². The summed E-state index contributed by atoms with van der Waals surface area (Å²) in [6.45, 7) is 9.68. The van der Waals surface area contributed by atoms with Crippen LogP contribution in [0.5, 0.6) is 11.5 Å². The first kappa shape index (κ1) is 40.4. The summed E-state index contributed by atoms with van der Waals surface area (Å²) in [5.41, 5.74) is -0.464. The quantitative estimate of drug-likeness (QED) is 0.224. The first-order valence-corrected chi connectivity index (χ1v) is 20.2. The summed E-state index contributed by atoms with van der Waals surface area (Å²) >= 11 is 0. The molecule has 3 fully saturated rings. The summed E-state index contributed by atoms with van der Waals surface area (Å²) in [5, 5.41) is 6.08. The molecule has 1 saturated carbocycles. The Kier molecular flexibility index (Phi) is 11.6. The Labute approximate surface area is 327 Å². The van der Waals surface area contributed by atoms with Crippen LogP contribution in [0, 0.1) is 11.3 Å². The number of nitrogens with one attached hydrogen (secondary N) is 3. The van der Waals surface area contributed by atoms with Gasteiger partial charge in [0.05, 0.1) is 25.4 Å². The highest BCUT2D eigenvalue weighted by Gasteiger charge is 2.62. The minimum Gasteiger partial charge on any atom is -0.497 e. The van der Waals surface area contributed by atoms with E-state index in [0.717, 1.165) is 12.0 Å². The zero-order chi connectivity index (χ0) is 40.4. The van der Waals surface area contributed by atoms with Crippen molar-refractivity contribution < 1.29 is 41.8 Å². The number of hydrogen-bond acceptors (Lipinski definition) is 10. The number of rotatable bonds is 12. The molecule has 3 heterocycles. The van der Waals surface area contributed by atoms with Gasteiger partial charge in [-0.3, -0.25) is 19.3 Å². The number of methoxy groups -OCH3 is 2. The SMILES string of the molecule is C=CC1CC1(NC(=O)[C@@H]1CC[C@@H](Oc2cc(-c3ccccc3)nc3cc(OC)ccc23)N1C(=O)[C@H](NC(=O)OC)C(C)(C)C)C(=O)NS(=O)(=O)N1CCCCC1. The highest BCUT2D eigenvalue weighted by molar-refractivity contribution is 7.87. The third-order valence-electron chi connectivity index (χ3n) is 10.7. The predicted octanol–water partition coefficient (Wildman–Crippen LogP) is 4.28. The third kappa shape index (κ3) is 8.31. The number of alkyl carbamates (subject to hydrolysis) is 1. The fourth-order valence-electron chi connectivity index (χ4n) is 7.44. The minimum atomic E-state index is -4.17. The first-order chi connectivity index (χ1) is 26.6. The molecule has 1 aromatic heterocycles. The number of carbonyl (C=O) groups excluding carboxylic acids is 4. The number of nitrogens with zero attached hydrogens (tertiary/aromatic N) is 3. The number of piperidine rings is 1. The maximum Gasteiger partial charge on any atom is 0.407 e. The lowest BCUT2D eigenvalue weighted by molar-refractivity contribution is -0.149. The van der Waals surface area contributed by atoms with Crippen LogP contribution >= 0.6 is 0 Å². The normalized spacial score (nSPS) is 23.1. The Morgan fingerprint density at radius 3 is 2.34 bits per heavy atom. The Bertz CT molecular complexity index is 2100. The largest absolute Gasteiger partial charge is 0.497 e. The van der Waals surface area contributed by atoms with E-state index in [4.69, 9.17) is 19.2 Å². The van der Waals surface area contributed by atoms with Crippen molar-refractivity contribution in [1.82, 2.24) is 29.5 Å². The van der Waals surface area contributed by atoms with Gasteiger partial charge in [0, 0.05) is 48.5 Å². The van der Waals surface area contributed by atoms with Gasteiger partial charge < -0.3 is 24.8 Å². The van der Waals surface area contributed by atoms with Gasteiger partial charge in [0.1, 0.15) is 29.1 Å². The van der Waals surface area contributed by atoms with E-state index in [1.807, 2.05) is 30.3 Å². The smallest absolute Gasteiger partial charge is 0.407 e. The maximum absolute atomic E-state index is 14.8. The van der Waals surface area contributed by atoms with Crippen molar-refractivity contribution in [3.8, 4) is 22.8 Å². The van der Waals surface area contributed by atoms with Crippen LogP contribution in [-0.4, -0.2) is 97.6 Å². The van der Waals surface area contributed by atoms with Gasteiger partial charge in [0.2, 0.25) is 11.8 Å². The summed E-state index contributed by atoms with van der Waals surface area (Å²) in [4.78, 5) is 61.8. The van der Waals surface area contributed by atoms with Gasteiger partial charge in [0.25, 0.3) is 5.91 Å². The number of likely N-dealkylation sites (tertiary alicyclic amines) is 1. The molecule has 6 rings (SSSR count). The van der Waals surface area contributed by atoms with E-state index in [1.165, 1.54) is 22.4 Å². The molecule has 1 aliphatic carbocycles. The van der Waals surface area contributed by atoms with Crippen LogP contribution < -0.4 is 24.8 Å². The van der Waals surface area contributed by atoms with Gasteiger partial charge in [-0.1, -0.05) is 63.6 Å². The van der Waals surface area contributed by atoms with Crippen LogP contribution in [0.4, 0.5) is 4.79 Å². The monoisotopic (exact) mass is 790 g/mol. The van der Waals surface area contributed by atoms with Crippen molar-refractivity contribution >= 4 is 44.9 Å². The van der Waals surface area contributed by atoms with Crippen molar-refractivity contribution in [3.63, 3.8) is 0 Å². The van der Waals surface area contributed by atoms with Crippen molar-refractivity contribution in [1.29, 1.82) is 0 Å². The van der Waals surface area contributed by atoms with Gasteiger partial charge in [-0.05, 0) is 43.2 Å². The number of ether oxygens (including phenoxy) is 3. The summed E-state index contributed by atoms with van der Waals surface area (Å²) in [7, 11) is -1.42. The van der Waals surface area contributed by atoms with Crippen LogP contribution in [-0.2, 0) is 29.3 Å². The summed E-state index contributed by atoms with van der Waals surface area (Å²) < 4.78 is 46.9. The molecule has 2 unspecified atom stereocenters. The third-order valence-corrected chi connectivity index (χ3v) is 12.2. The van der Waals surface area contributed by atoms with Gasteiger partial charge in [-0.15, -0.1) is 6.58 Å². The maximum atomic E-state index is 14.8. The zero-order valence-corrected chi connectivity index (χ0v) is 33.2. The molecular weight excluding hydrogens is 741 g/mol. The molecule has 300 valence electrons. The molecule has 56 heavy (non-hydrogen) atoms. The average Bonchev–Trinajstić information content (AvgIpc) is 3.75. The lowest BCUT2D eigenvalue weighted by Crippen LogP contribution is -2.62. The van der Waals surface area contributed by atoms with Crippen molar-refractivity contribution in [3.05, 3.63) is 67.3 Å². The van der Waals surface area contributed by atoms with E-state index in [0.29, 0.717) is 40.9 Å². The summed E-state index contributed by atoms with van der Waals surface area (Å²) in [6, 6.07) is 14.3. The van der Waals surface area contributed by atoms with Gasteiger partial charge in [-0.25, -0.2) is 14.5 Å². The van der Waals surface area contributed by atoms with Gasteiger partial charge >= 0.3 is 16.3 Å². The molecule has 15 nitrogen and oxygen atoms in total. The zero-order valence-electron chi connectivity index (χ0n) is 32.4. The second kappa shape index (κ2) is 16.1. The summed E-state index contributed by atoms with van der Waals surface area (Å²) in [5.74, 6) is -1.76. The molecule has 4 amide bonds.